The molecule has 1 spiro atoms. The van der Waals surface area contributed by atoms with Gasteiger partial charge in [-0.25, -0.2) is 4.79 Å². The van der Waals surface area contributed by atoms with Crippen LogP contribution in [0.25, 0.3) is 10.8 Å². The molecule has 0 amide bonds. The van der Waals surface area contributed by atoms with Gasteiger partial charge in [0.2, 0.25) is 6.29 Å². The number of phenolic OH excluding ortho intramolecular Hbond substituents is 1. The van der Waals surface area contributed by atoms with Crippen LogP contribution < -0.4 is 4.74 Å². The van der Waals surface area contributed by atoms with E-state index in [1.165, 1.54) is 6.07 Å². The van der Waals surface area contributed by atoms with Gasteiger partial charge in [0.05, 0.1) is 29.7 Å². The highest BCUT2D eigenvalue weighted by Crippen LogP contribution is 2.52. The van der Waals surface area contributed by atoms with Crippen LogP contribution in [0.3, 0.4) is 0 Å². The summed E-state index contributed by atoms with van der Waals surface area (Å²) < 4.78 is 17.9. The van der Waals surface area contributed by atoms with Crippen molar-refractivity contribution in [2.24, 2.45) is 17.3 Å². The number of ketones is 1. The molecule has 6 rings (SSSR count). The van der Waals surface area contributed by atoms with Crippen LogP contribution >= 0.6 is 0 Å². The fourth-order valence-electron chi connectivity index (χ4n) is 8.99. The van der Waals surface area contributed by atoms with Crippen LogP contribution in [0, 0.1) is 24.2 Å². The van der Waals surface area contributed by atoms with Gasteiger partial charge in [-0.3, -0.25) is 4.79 Å². The first-order valence-electron chi connectivity index (χ1n) is 18.1. The van der Waals surface area contributed by atoms with E-state index >= 15 is 0 Å². The smallest absolute Gasteiger partial charge is 0.335 e. The van der Waals surface area contributed by atoms with Gasteiger partial charge in [-0.1, -0.05) is 56.2 Å². The summed E-state index contributed by atoms with van der Waals surface area (Å²) in [6, 6.07) is 13.5. The SMILES string of the molecule is Cc1cc2cc(C(=O)O)cc(OC3OC(CO)C(O)(CCC(C)C4CCOCC45CCCC5)C(O)C3O)c2c(O)c1C(=O)CCc1ccccc1. The first kappa shape index (κ1) is 37.2. The lowest BCUT2D eigenvalue weighted by Gasteiger charge is -2.49. The Bertz CT molecular complexity index is 1710. The second kappa shape index (κ2) is 15.2. The van der Waals surface area contributed by atoms with Crippen molar-refractivity contribution in [2.75, 3.05) is 19.8 Å². The van der Waals surface area contributed by atoms with Crippen LogP contribution in [-0.4, -0.2) is 92.4 Å². The third kappa shape index (κ3) is 7.25. The molecule has 3 aromatic rings. The number of aliphatic hydroxyl groups is 4. The minimum Gasteiger partial charge on any atom is -0.506 e. The minimum absolute atomic E-state index is 0.0199. The van der Waals surface area contributed by atoms with Crippen molar-refractivity contribution >= 4 is 22.5 Å². The van der Waals surface area contributed by atoms with Gasteiger partial charge >= 0.3 is 5.97 Å². The van der Waals surface area contributed by atoms with E-state index in [1.807, 2.05) is 30.3 Å². The average Bonchev–Trinajstić information content (AvgIpc) is 3.58. The molecular formula is C40H50O11. The summed E-state index contributed by atoms with van der Waals surface area (Å²) in [5, 5.41) is 66.7. The van der Waals surface area contributed by atoms with Gasteiger partial charge in [-0.15, -0.1) is 0 Å². The molecule has 2 saturated heterocycles. The maximum atomic E-state index is 13.5. The Morgan fingerprint density at radius 3 is 2.49 bits per heavy atom. The number of hydrogen-bond acceptors (Lipinski definition) is 10. The fraction of sp³-hybridized carbons (Fsp3) is 0.550. The lowest BCUT2D eigenvalue weighted by molar-refractivity contribution is -0.315. The highest BCUT2D eigenvalue weighted by atomic mass is 16.7. The number of carboxylic acid groups (broad SMARTS) is 1. The summed E-state index contributed by atoms with van der Waals surface area (Å²) in [4.78, 5) is 25.6. The molecule has 2 heterocycles. The van der Waals surface area contributed by atoms with Crippen molar-refractivity contribution in [1.82, 2.24) is 0 Å². The van der Waals surface area contributed by atoms with E-state index in [0.29, 0.717) is 30.9 Å². The number of aliphatic hydroxyl groups excluding tert-OH is 3. The molecule has 11 heteroatoms. The predicted molar refractivity (Wildman–Crippen MR) is 188 cm³/mol. The summed E-state index contributed by atoms with van der Waals surface area (Å²) in [6.45, 7) is 4.50. The maximum absolute atomic E-state index is 13.5. The molecule has 1 saturated carbocycles. The summed E-state index contributed by atoms with van der Waals surface area (Å²) in [7, 11) is 0. The first-order valence-corrected chi connectivity index (χ1v) is 18.1. The van der Waals surface area contributed by atoms with Crippen LogP contribution in [0.1, 0.15) is 90.1 Å². The Kier molecular flexibility index (Phi) is 11.1. The van der Waals surface area contributed by atoms with Crippen LogP contribution in [0.15, 0.2) is 48.5 Å². The number of carbonyl (C=O) groups is 2. The van der Waals surface area contributed by atoms with E-state index in [4.69, 9.17) is 14.2 Å². The Labute approximate surface area is 297 Å². The van der Waals surface area contributed by atoms with Gasteiger partial charge in [0.1, 0.15) is 35.4 Å². The molecule has 276 valence electrons. The number of carbonyl (C=O) groups excluding carboxylic acids is 1. The molecule has 0 aromatic heterocycles. The second-order valence-corrected chi connectivity index (χ2v) is 15.0. The molecule has 3 aliphatic rings. The zero-order chi connectivity index (χ0) is 36.5. The van der Waals surface area contributed by atoms with Gasteiger partial charge in [-0.05, 0) is 91.3 Å². The number of ether oxygens (including phenoxy) is 3. The normalized spacial score (nSPS) is 28.2. The Morgan fingerprint density at radius 2 is 1.80 bits per heavy atom. The molecule has 0 bridgehead atoms. The molecule has 3 fully saturated rings. The molecule has 11 nitrogen and oxygen atoms in total. The zero-order valence-corrected chi connectivity index (χ0v) is 29.3. The van der Waals surface area contributed by atoms with Crippen molar-refractivity contribution < 1.29 is 54.4 Å². The van der Waals surface area contributed by atoms with E-state index in [9.17, 15) is 40.2 Å². The van der Waals surface area contributed by atoms with Crippen molar-refractivity contribution in [1.29, 1.82) is 0 Å². The van der Waals surface area contributed by atoms with Crippen molar-refractivity contribution in [3.63, 3.8) is 0 Å². The third-order valence-corrected chi connectivity index (χ3v) is 11.8. The third-order valence-electron chi connectivity index (χ3n) is 11.8. The molecule has 3 aromatic carbocycles. The monoisotopic (exact) mass is 706 g/mol. The number of phenols is 1. The first-order chi connectivity index (χ1) is 24.4. The van der Waals surface area contributed by atoms with E-state index in [0.717, 1.165) is 50.3 Å². The highest BCUT2D eigenvalue weighted by molar-refractivity contribution is 6.09. The van der Waals surface area contributed by atoms with Gasteiger partial charge in [0, 0.05) is 13.0 Å². The number of aryl methyl sites for hydroxylation is 2. The van der Waals surface area contributed by atoms with E-state index in [-0.39, 0.29) is 57.6 Å². The Hall–Kier alpha value is -3.58. The van der Waals surface area contributed by atoms with Crippen LogP contribution in [0.5, 0.6) is 11.5 Å². The molecule has 0 radical (unpaired) electrons. The quantitative estimate of drug-likeness (QED) is 0.141. The lowest BCUT2D eigenvalue weighted by Crippen LogP contribution is -2.68. The molecule has 6 N–H and O–H groups in total. The molecule has 7 atom stereocenters. The number of aromatic carboxylic acids is 1. The Morgan fingerprint density at radius 1 is 1.08 bits per heavy atom. The summed E-state index contributed by atoms with van der Waals surface area (Å²) >= 11 is 0. The lowest BCUT2D eigenvalue weighted by atomic mass is 9.65. The standard InChI is InChI=1S/C40H50O11/c1-23(28-13-17-49-22-39(28)14-6-7-15-39)12-16-40(48)31(21-41)51-38(35(44)36(40)45)50-30-20-27(37(46)47)19-26-18-24(2)32(34(43)33(26)30)29(42)11-10-25-8-4-3-5-9-25/h3-5,8-9,18-20,23,28,31,35-36,38,41,43-45,48H,6-7,10-17,21-22H2,1-2H3,(H,46,47). The van der Waals surface area contributed by atoms with E-state index in [2.05, 4.69) is 6.92 Å². The fourth-order valence-corrected chi connectivity index (χ4v) is 8.99. The van der Waals surface area contributed by atoms with Crippen molar-refractivity contribution in [3.8, 4) is 11.5 Å². The number of hydrogen-bond donors (Lipinski definition) is 6. The van der Waals surface area contributed by atoms with E-state index < -0.39 is 48.5 Å². The predicted octanol–water partition coefficient (Wildman–Crippen LogP) is 4.93. The number of fused-ring (bicyclic) bond motifs is 1. The molecular weight excluding hydrogens is 656 g/mol. The second-order valence-electron chi connectivity index (χ2n) is 15.0. The molecule has 2 aliphatic heterocycles. The van der Waals surface area contributed by atoms with Gasteiger partial charge in [-0.2, -0.15) is 0 Å². The number of carboxylic acids is 1. The van der Waals surface area contributed by atoms with Crippen molar-refractivity contribution in [3.05, 3.63) is 70.8 Å². The van der Waals surface area contributed by atoms with Crippen molar-refractivity contribution in [2.45, 2.75) is 102 Å². The largest absolute Gasteiger partial charge is 0.506 e. The van der Waals surface area contributed by atoms with Gasteiger partial charge in [0.15, 0.2) is 5.78 Å². The summed E-state index contributed by atoms with van der Waals surface area (Å²) in [6.07, 6.45) is -0.0908. The topological polar surface area (TPSA) is 183 Å². The van der Waals surface area contributed by atoms with Crippen LogP contribution in [0.4, 0.5) is 0 Å². The van der Waals surface area contributed by atoms with E-state index in [1.54, 1.807) is 13.0 Å². The maximum Gasteiger partial charge on any atom is 0.335 e. The van der Waals surface area contributed by atoms with Gasteiger partial charge in [0.25, 0.3) is 0 Å². The van der Waals surface area contributed by atoms with Crippen LogP contribution in [-0.2, 0) is 15.9 Å². The summed E-state index contributed by atoms with van der Waals surface area (Å²) in [5.74, 6) is -1.69. The zero-order valence-electron chi connectivity index (χ0n) is 29.3. The minimum atomic E-state index is -2.02. The number of aromatic hydroxyl groups is 1. The number of Topliss-reactive ketones (excluding diaryl/α,β-unsaturated/α-hetero) is 1. The van der Waals surface area contributed by atoms with Crippen LogP contribution in [0.2, 0.25) is 0 Å². The highest BCUT2D eigenvalue weighted by Gasteiger charge is 2.56. The van der Waals surface area contributed by atoms with Gasteiger partial charge < -0.3 is 44.8 Å². The Balaban J connectivity index is 1.25. The average molecular weight is 707 g/mol. The number of benzene rings is 3. The molecule has 51 heavy (non-hydrogen) atoms. The summed E-state index contributed by atoms with van der Waals surface area (Å²) in [5.41, 5.74) is -0.649. The number of rotatable bonds is 12. The molecule has 1 aliphatic carbocycles. The molecule has 7 unspecified atom stereocenters.